The summed E-state index contributed by atoms with van der Waals surface area (Å²) in [5, 5.41) is 15.8. The molecule has 0 saturated carbocycles. The summed E-state index contributed by atoms with van der Waals surface area (Å²) < 4.78 is 1.53. The van der Waals surface area contributed by atoms with Gasteiger partial charge >= 0.3 is 0 Å². The van der Waals surface area contributed by atoms with Gasteiger partial charge < -0.3 is 5.11 Å². The summed E-state index contributed by atoms with van der Waals surface area (Å²) in [6.07, 6.45) is 3.59. The lowest BCUT2D eigenvalue weighted by molar-refractivity contribution is 0.186. The minimum atomic E-state index is -0.0622. The van der Waals surface area contributed by atoms with Crippen LogP contribution in [0.15, 0.2) is 24.3 Å². The fourth-order valence-corrected chi connectivity index (χ4v) is 4.80. The number of likely N-dealkylation sites (tertiary alicyclic amines) is 1. The molecule has 0 unspecified atom stereocenters. The molecule has 1 aliphatic heterocycles. The number of hydrogen-bond acceptors (Lipinski definition) is 5. The highest BCUT2D eigenvalue weighted by Gasteiger charge is 2.31. The lowest BCUT2D eigenvalue weighted by Gasteiger charge is -2.34. The van der Waals surface area contributed by atoms with Gasteiger partial charge in [-0.15, -0.1) is 5.10 Å². The Hall–Kier alpha value is -1.63. The summed E-state index contributed by atoms with van der Waals surface area (Å²) >= 11 is 7.99. The molecular formula is C17H19ClN4OS. The Balaban J connectivity index is 1.86. The van der Waals surface area contributed by atoms with Crippen LogP contribution < -0.4 is 0 Å². The SMILES string of the molecule is Cc1nc2sc([C@H](c3ccccc3Cl)N3CCCCC3)c(O)n2n1. The molecule has 126 valence electrons. The first-order chi connectivity index (χ1) is 11.6. The van der Waals surface area contributed by atoms with Crippen molar-refractivity contribution in [2.75, 3.05) is 13.1 Å². The van der Waals surface area contributed by atoms with E-state index in [2.05, 4.69) is 15.0 Å². The maximum absolute atomic E-state index is 10.8. The van der Waals surface area contributed by atoms with Crippen LogP contribution in [0.2, 0.25) is 5.02 Å². The second kappa shape index (κ2) is 6.35. The molecule has 4 rings (SSSR count). The van der Waals surface area contributed by atoms with E-state index in [1.165, 1.54) is 35.1 Å². The number of thiazole rings is 1. The summed E-state index contributed by atoms with van der Waals surface area (Å²) in [5.74, 6) is 0.835. The van der Waals surface area contributed by atoms with Crippen LogP contribution in [0, 0.1) is 6.92 Å². The van der Waals surface area contributed by atoms with E-state index in [-0.39, 0.29) is 11.9 Å². The van der Waals surface area contributed by atoms with Crippen molar-refractivity contribution >= 4 is 27.9 Å². The zero-order valence-electron chi connectivity index (χ0n) is 13.4. The molecule has 1 aliphatic rings. The van der Waals surface area contributed by atoms with Crippen LogP contribution in [0.3, 0.4) is 0 Å². The Labute approximate surface area is 149 Å². The van der Waals surface area contributed by atoms with Gasteiger partial charge in [0.25, 0.3) is 0 Å². The molecule has 0 radical (unpaired) electrons. The smallest absolute Gasteiger partial charge is 0.230 e. The van der Waals surface area contributed by atoms with E-state index in [9.17, 15) is 5.11 Å². The van der Waals surface area contributed by atoms with Crippen molar-refractivity contribution in [3.05, 3.63) is 45.6 Å². The van der Waals surface area contributed by atoms with Crippen LogP contribution in [0.25, 0.3) is 4.96 Å². The van der Waals surface area contributed by atoms with Crippen LogP contribution in [-0.2, 0) is 0 Å². The summed E-state index contributed by atoms with van der Waals surface area (Å²) in [5.41, 5.74) is 1.03. The van der Waals surface area contributed by atoms with E-state index in [1.54, 1.807) is 0 Å². The minimum absolute atomic E-state index is 0.0622. The fraction of sp³-hybridized carbons (Fsp3) is 0.412. The first-order valence-electron chi connectivity index (χ1n) is 8.18. The third-order valence-electron chi connectivity index (χ3n) is 4.51. The second-order valence-corrected chi connectivity index (χ2v) is 7.58. The number of aromatic nitrogens is 3. The Morgan fingerprint density at radius 3 is 2.67 bits per heavy atom. The van der Waals surface area contributed by atoms with Crippen molar-refractivity contribution in [2.45, 2.75) is 32.2 Å². The molecule has 24 heavy (non-hydrogen) atoms. The number of nitrogens with zero attached hydrogens (tertiary/aromatic N) is 4. The predicted molar refractivity (Wildman–Crippen MR) is 96.0 cm³/mol. The number of benzene rings is 1. The average Bonchev–Trinajstić information content (AvgIpc) is 3.09. The van der Waals surface area contributed by atoms with Gasteiger partial charge in [0, 0.05) is 5.02 Å². The highest BCUT2D eigenvalue weighted by molar-refractivity contribution is 7.17. The molecule has 1 atom stereocenters. The normalized spacial score (nSPS) is 17.4. The van der Waals surface area contributed by atoms with Crippen molar-refractivity contribution in [1.29, 1.82) is 0 Å². The zero-order chi connectivity index (χ0) is 16.7. The van der Waals surface area contributed by atoms with E-state index in [0.29, 0.717) is 10.8 Å². The number of aryl methyl sites for hydroxylation is 1. The highest BCUT2D eigenvalue weighted by atomic mass is 35.5. The van der Waals surface area contributed by atoms with Crippen molar-refractivity contribution in [3.8, 4) is 5.88 Å². The molecule has 1 aromatic carbocycles. The first-order valence-corrected chi connectivity index (χ1v) is 9.38. The molecule has 1 N–H and O–H groups in total. The Morgan fingerprint density at radius 1 is 1.21 bits per heavy atom. The lowest BCUT2D eigenvalue weighted by Crippen LogP contribution is -2.34. The maximum Gasteiger partial charge on any atom is 0.230 e. The van der Waals surface area contributed by atoms with E-state index in [4.69, 9.17) is 11.6 Å². The lowest BCUT2D eigenvalue weighted by atomic mass is 10.0. The van der Waals surface area contributed by atoms with Crippen LogP contribution in [-0.4, -0.2) is 37.7 Å². The van der Waals surface area contributed by atoms with E-state index in [0.717, 1.165) is 28.6 Å². The Bertz CT molecular complexity index is 869. The van der Waals surface area contributed by atoms with Gasteiger partial charge in [-0.05, 0) is 44.5 Å². The second-order valence-electron chi connectivity index (χ2n) is 6.16. The van der Waals surface area contributed by atoms with Gasteiger partial charge in [0.1, 0.15) is 5.82 Å². The van der Waals surface area contributed by atoms with Gasteiger partial charge in [-0.3, -0.25) is 4.90 Å². The third kappa shape index (κ3) is 2.68. The molecule has 3 heterocycles. The molecule has 3 aromatic rings. The van der Waals surface area contributed by atoms with Crippen molar-refractivity contribution in [1.82, 2.24) is 19.5 Å². The monoisotopic (exact) mass is 362 g/mol. The Morgan fingerprint density at radius 2 is 1.96 bits per heavy atom. The van der Waals surface area contributed by atoms with E-state index >= 15 is 0 Å². The highest BCUT2D eigenvalue weighted by Crippen LogP contribution is 2.42. The van der Waals surface area contributed by atoms with Gasteiger partial charge in [-0.2, -0.15) is 4.52 Å². The number of halogens is 1. The fourth-order valence-electron chi connectivity index (χ4n) is 3.40. The van der Waals surface area contributed by atoms with Crippen LogP contribution in [0.1, 0.15) is 41.6 Å². The minimum Gasteiger partial charge on any atom is -0.492 e. The quantitative estimate of drug-likeness (QED) is 0.764. The molecule has 2 aromatic heterocycles. The number of aromatic hydroxyl groups is 1. The van der Waals surface area contributed by atoms with Gasteiger partial charge in [0.2, 0.25) is 10.8 Å². The van der Waals surface area contributed by atoms with Gasteiger partial charge in [-0.25, -0.2) is 4.98 Å². The van der Waals surface area contributed by atoms with Gasteiger partial charge in [-0.1, -0.05) is 47.6 Å². The Kier molecular flexibility index (Phi) is 4.20. The summed E-state index contributed by atoms with van der Waals surface area (Å²) in [4.78, 5) is 8.38. The van der Waals surface area contributed by atoms with E-state index < -0.39 is 0 Å². The largest absolute Gasteiger partial charge is 0.492 e. The first kappa shape index (κ1) is 15.9. The average molecular weight is 363 g/mol. The molecule has 7 heteroatoms. The molecule has 5 nitrogen and oxygen atoms in total. The zero-order valence-corrected chi connectivity index (χ0v) is 15.0. The maximum atomic E-state index is 10.8. The molecule has 1 fully saturated rings. The van der Waals surface area contributed by atoms with Crippen LogP contribution in [0.5, 0.6) is 5.88 Å². The molecular weight excluding hydrogens is 344 g/mol. The number of fused-ring (bicyclic) bond motifs is 1. The molecule has 0 bridgehead atoms. The van der Waals surface area contributed by atoms with Crippen molar-refractivity contribution in [3.63, 3.8) is 0 Å². The summed E-state index contributed by atoms with van der Waals surface area (Å²) in [7, 11) is 0. The van der Waals surface area contributed by atoms with Gasteiger partial charge in [0.15, 0.2) is 0 Å². The molecule has 0 aliphatic carbocycles. The van der Waals surface area contributed by atoms with Crippen LogP contribution in [0.4, 0.5) is 0 Å². The topological polar surface area (TPSA) is 53.7 Å². The van der Waals surface area contributed by atoms with Crippen molar-refractivity contribution < 1.29 is 5.11 Å². The molecule has 1 saturated heterocycles. The van der Waals surface area contributed by atoms with Crippen LogP contribution >= 0.6 is 22.9 Å². The molecule has 0 spiro atoms. The standard InChI is InChI=1S/C17H19ClN4OS/c1-11-19-17-22(20-11)16(23)15(24-17)14(21-9-5-2-6-10-21)12-7-3-4-8-13(12)18/h3-4,7-8,14,23H,2,5-6,9-10H2,1H3/t14-/m0/s1. The number of piperidine rings is 1. The third-order valence-corrected chi connectivity index (χ3v) is 5.93. The van der Waals surface area contributed by atoms with Gasteiger partial charge in [0.05, 0.1) is 10.9 Å². The predicted octanol–water partition coefficient (Wildman–Crippen LogP) is 4.03. The molecule has 0 amide bonds. The van der Waals surface area contributed by atoms with E-state index in [1.807, 2.05) is 31.2 Å². The number of hydrogen-bond donors (Lipinski definition) is 1. The summed E-state index contributed by atoms with van der Waals surface area (Å²) in [6.45, 7) is 3.83. The van der Waals surface area contributed by atoms with Crippen molar-refractivity contribution in [2.24, 2.45) is 0 Å². The summed E-state index contributed by atoms with van der Waals surface area (Å²) in [6, 6.07) is 7.82. The number of rotatable bonds is 3.